The molecule has 0 saturated heterocycles. The number of amides is 1. The third-order valence-corrected chi connectivity index (χ3v) is 4.19. The van der Waals surface area contributed by atoms with Crippen molar-refractivity contribution in [2.24, 2.45) is 4.99 Å². The van der Waals surface area contributed by atoms with E-state index in [1.165, 1.54) is 6.92 Å². The van der Waals surface area contributed by atoms with Gasteiger partial charge in [0, 0.05) is 23.7 Å². The molecular formula is C22H22N2O4. The molecule has 0 aliphatic carbocycles. The predicted molar refractivity (Wildman–Crippen MR) is 108 cm³/mol. The minimum atomic E-state index is -0.515. The van der Waals surface area contributed by atoms with Crippen LogP contribution in [0.25, 0.3) is 6.08 Å². The van der Waals surface area contributed by atoms with Gasteiger partial charge in [-0.25, -0.2) is 9.79 Å². The molecule has 0 saturated carbocycles. The van der Waals surface area contributed by atoms with Crippen molar-refractivity contribution in [2.45, 2.75) is 33.3 Å². The van der Waals surface area contributed by atoms with Crippen LogP contribution in [0.4, 0.5) is 5.69 Å². The van der Waals surface area contributed by atoms with E-state index >= 15 is 0 Å². The smallest absolute Gasteiger partial charge is 0.363 e. The third-order valence-electron chi connectivity index (χ3n) is 4.19. The summed E-state index contributed by atoms with van der Waals surface area (Å²) in [5.74, 6) is 0.256. The lowest BCUT2D eigenvalue weighted by atomic mass is 10.1. The molecule has 0 aromatic heterocycles. The summed E-state index contributed by atoms with van der Waals surface area (Å²) in [5.41, 5.74) is 2.28. The molecule has 1 unspecified atom stereocenters. The van der Waals surface area contributed by atoms with Crippen LogP contribution in [0.3, 0.4) is 0 Å². The van der Waals surface area contributed by atoms with E-state index in [-0.39, 0.29) is 23.6 Å². The summed E-state index contributed by atoms with van der Waals surface area (Å²) in [6, 6.07) is 14.4. The van der Waals surface area contributed by atoms with Crippen LogP contribution in [0.5, 0.6) is 5.75 Å². The SMILES string of the molecule is CCC(C)Oc1ccccc1/C=C1\N=C(c2ccc(NC(C)=O)cc2)OC1=O. The van der Waals surface area contributed by atoms with Crippen molar-refractivity contribution in [3.8, 4) is 5.75 Å². The first-order valence-electron chi connectivity index (χ1n) is 9.12. The monoisotopic (exact) mass is 378 g/mol. The molecule has 1 heterocycles. The number of cyclic esters (lactones) is 1. The van der Waals surface area contributed by atoms with Gasteiger partial charge in [0.2, 0.25) is 11.8 Å². The Hall–Kier alpha value is -3.41. The molecule has 1 aliphatic heterocycles. The highest BCUT2D eigenvalue weighted by molar-refractivity contribution is 6.13. The van der Waals surface area contributed by atoms with Crippen LogP contribution in [0, 0.1) is 0 Å². The van der Waals surface area contributed by atoms with Crippen molar-refractivity contribution in [3.63, 3.8) is 0 Å². The zero-order valence-corrected chi connectivity index (χ0v) is 16.1. The van der Waals surface area contributed by atoms with Gasteiger partial charge in [0.1, 0.15) is 5.75 Å². The quantitative estimate of drug-likeness (QED) is 0.605. The van der Waals surface area contributed by atoms with E-state index < -0.39 is 5.97 Å². The molecule has 3 rings (SSSR count). The highest BCUT2D eigenvalue weighted by Gasteiger charge is 2.24. The van der Waals surface area contributed by atoms with E-state index in [4.69, 9.17) is 9.47 Å². The van der Waals surface area contributed by atoms with Gasteiger partial charge in [-0.05, 0) is 49.8 Å². The Bertz CT molecular complexity index is 945. The molecule has 1 aliphatic rings. The van der Waals surface area contributed by atoms with E-state index in [0.29, 0.717) is 17.0 Å². The third kappa shape index (κ3) is 4.65. The molecule has 28 heavy (non-hydrogen) atoms. The normalized spacial score (nSPS) is 15.8. The van der Waals surface area contributed by atoms with Crippen molar-refractivity contribution in [1.29, 1.82) is 0 Å². The number of nitrogens with zero attached hydrogens (tertiary/aromatic N) is 1. The highest BCUT2D eigenvalue weighted by atomic mass is 16.6. The molecule has 0 spiro atoms. The number of rotatable bonds is 6. The highest BCUT2D eigenvalue weighted by Crippen LogP contribution is 2.26. The van der Waals surface area contributed by atoms with Gasteiger partial charge in [-0.2, -0.15) is 0 Å². The Morgan fingerprint density at radius 3 is 2.61 bits per heavy atom. The Balaban J connectivity index is 1.85. The number of hydrogen-bond donors (Lipinski definition) is 1. The van der Waals surface area contributed by atoms with Crippen LogP contribution in [0.2, 0.25) is 0 Å². The van der Waals surface area contributed by atoms with Crippen molar-refractivity contribution < 1.29 is 19.1 Å². The lowest BCUT2D eigenvalue weighted by Crippen LogP contribution is -2.10. The van der Waals surface area contributed by atoms with Gasteiger partial charge in [0.15, 0.2) is 5.70 Å². The molecular weight excluding hydrogens is 356 g/mol. The molecule has 0 radical (unpaired) electrons. The summed E-state index contributed by atoms with van der Waals surface area (Å²) in [5, 5.41) is 2.69. The van der Waals surface area contributed by atoms with Crippen molar-refractivity contribution in [3.05, 3.63) is 65.4 Å². The van der Waals surface area contributed by atoms with E-state index in [9.17, 15) is 9.59 Å². The summed E-state index contributed by atoms with van der Waals surface area (Å²) >= 11 is 0. The molecule has 1 N–H and O–H groups in total. The number of para-hydroxylation sites is 1. The fourth-order valence-corrected chi connectivity index (χ4v) is 2.59. The summed E-state index contributed by atoms with van der Waals surface area (Å²) < 4.78 is 11.2. The number of ether oxygens (including phenoxy) is 2. The van der Waals surface area contributed by atoms with E-state index in [1.54, 1.807) is 30.3 Å². The first-order chi connectivity index (χ1) is 13.5. The van der Waals surface area contributed by atoms with Gasteiger partial charge in [-0.3, -0.25) is 4.79 Å². The second-order valence-electron chi connectivity index (χ2n) is 6.47. The Kier molecular flexibility index (Phi) is 5.89. The fraction of sp³-hybridized carbons (Fsp3) is 0.227. The van der Waals surface area contributed by atoms with Gasteiger partial charge in [0.25, 0.3) is 0 Å². The van der Waals surface area contributed by atoms with Crippen LogP contribution in [0.1, 0.15) is 38.3 Å². The maximum absolute atomic E-state index is 12.3. The van der Waals surface area contributed by atoms with E-state index in [2.05, 4.69) is 10.3 Å². The van der Waals surface area contributed by atoms with Gasteiger partial charge in [-0.1, -0.05) is 25.1 Å². The van der Waals surface area contributed by atoms with Crippen LogP contribution in [-0.4, -0.2) is 23.9 Å². The first-order valence-corrected chi connectivity index (χ1v) is 9.12. The van der Waals surface area contributed by atoms with Crippen LogP contribution >= 0.6 is 0 Å². The zero-order chi connectivity index (χ0) is 20.1. The topological polar surface area (TPSA) is 77.0 Å². The van der Waals surface area contributed by atoms with Crippen molar-refractivity contribution in [1.82, 2.24) is 0 Å². The second-order valence-corrected chi connectivity index (χ2v) is 6.47. The van der Waals surface area contributed by atoms with Crippen LogP contribution in [-0.2, 0) is 14.3 Å². The number of anilines is 1. The lowest BCUT2D eigenvalue weighted by molar-refractivity contribution is -0.129. The van der Waals surface area contributed by atoms with E-state index in [0.717, 1.165) is 12.0 Å². The Morgan fingerprint density at radius 1 is 1.21 bits per heavy atom. The number of carbonyl (C=O) groups excluding carboxylic acids is 2. The van der Waals surface area contributed by atoms with Gasteiger partial charge in [-0.15, -0.1) is 0 Å². The molecule has 1 atom stereocenters. The number of nitrogens with one attached hydrogen (secondary N) is 1. The summed E-state index contributed by atoms with van der Waals surface area (Å²) in [7, 11) is 0. The van der Waals surface area contributed by atoms with Gasteiger partial charge < -0.3 is 14.8 Å². The van der Waals surface area contributed by atoms with Crippen molar-refractivity contribution >= 4 is 29.5 Å². The largest absolute Gasteiger partial charge is 0.490 e. The summed E-state index contributed by atoms with van der Waals surface area (Å²) in [6.45, 7) is 5.49. The summed E-state index contributed by atoms with van der Waals surface area (Å²) in [6.07, 6.45) is 2.61. The Morgan fingerprint density at radius 2 is 1.93 bits per heavy atom. The predicted octanol–water partition coefficient (Wildman–Crippen LogP) is 4.17. The molecule has 2 aromatic rings. The number of benzene rings is 2. The first kappa shape index (κ1) is 19.4. The maximum atomic E-state index is 12.3. The van der Waals surface area contributed by atoms with Gasteiger partial charge >= 0.3 is 5.97 Å². The number of hydrogen-bond acceptors (Lipinski definition) is 5. The van der Waals surface area contributed by atoms with E-state index in [1.807, 2.05) is 38.1 Å². The average Bonchev–Trinajstić information content (AvgIpc) is 3.04. The fourth-order valence-electron chi connectivity index (χ4n) is 2.59. The standard InChI is InChI=1S/C22H22N2O4/c1-4-14(2)27-20-8-6-5-7-17(20)13-19-22(26)28-21(24-19)16-9-11-18(12-10-16)23-15(3)25/h5-14H,4H2,1-3H3,(H,23,25)/b19-13-. The molecule has 2 aromatic carbocycles. The lowest BCUT2D eigenvalue weighted by Gasteiger charge is -2.14. The minimum Gasteiger partial charge on any atom is -0.490 e. The molecule has 1 amide bonds. The molecule has 6 heteroatoms. The summed E-state index contributed by atoms with van der Waals surface area (Å²) in [4.78, 5) is 27.7. The second kappa shape index (κ2) is 8.52. The molecule has 144 valence electrons. The van der Waals surface area contributed by atoms with Gasteiger partial charge in [0.05, 0.1) is 6.10 Å². The minimum absolute atomic E-state index is 0.0660. The molecule has 6 nitrogen and oxygen atoms in total. The zero-order valence-electron chi connectivity index (χ0n) is 16.1. The molecule has 0 bridgehead atoms. The number of carbonyl (C=O) groups is 2. The van der Waals surface area contributed by atoms with Crippen LogP contribution in [0.15, 0.2) is 59.2 Å². The van der Waals surface area contributed by atoms with Crippen LogP contribution < -0.4 is 10.1 Å². The van der Waals surface area contributed by atoms with Crippen molar-refractivity contribution in [2.75, 3.05) is 5.32 Å². The number of esters is 1. The maximum Gasteiger partial charge on any atom is 0.363 e. The Labute approximate surface area is 163 Å². The average molecular weight is 378 g/mol. The number of aliphatic imine (C=N–C) groups is 1. The molecule has 0 fully saturated rings.